The molecule has 0 aromatic carbocycles. The zero-order chi connectivity index (χ0) is 14.2. The summed E-state index contributed by atoms with van der Waals surface area (Å²) in [5.74, 6) is -0.120. The van der Waals surface area contributed by atoms with E-state index in [-0.39, 0.29) is 20.5 Å². The van der Waals surface area contributed by atoms with Gasteiger partial charge in [-0.3, -0.25) is 9.69 Å². The van der Waals surface area contributed by atoms with Crippen LogP contribution >= 0.6 is 34.7 Å². The van der Waals surface area contributed by atoms with Crippen LogP contribution in [0.2, 0.25) is 4.34 Å². The van der Waals surface area contributed by atoms with Crippen molar-refractivity contribution in [2.75, 3.05) is 6.54 Å². The van der Waals surface area contributed by atoms with Crippen LogP contribution in [0.15, 0.2) is 20.7 Å². The third-order valence-corrected chi connectivity index (χ3v) is 6.60. The lowest BCUT2D eigenvalue weighted by Gasteiger charge is -2.12. The maximum atomic E-state index is 12.1. The summed E-state index contributed by atoms with van der Waals surface area (Å²) < 4.78 is 28.4. The van der Waals surface area contributed by atoms with E-state index in [1.807, 2.05) is 0 Å². The van der Waals surface area contributed by atoms with Crippen LogP contribution in [0.1, 0.15) is 13.8 Å². The molecular weight excluding hydrogens is 328 g/mol. The Labute approximate surface area is 124 Å². The van der Waals surface area contributed by atoms with Crippen molar-refractivity contribution in [1.29, 1.82) is 0 Å². The van der Waals surface area contributed by atoms with E-state index in [9.17, 15) is 13.2 Å². The van der Waals surface area contributed by atoms with Crippen LogP contribution < -0.4 is 0 Å². The monoisotopic (exact) mass is 338 g/mol. The molecule has 1 aliphatic heterocycles. The first-order chi connectivity index (χ1) is 8.85. The number of carbonyl (C=O) groups excluding carboxylic acids is 1. The molecule has 0 bridgehead atoms. The summed E-state index contributed by atoms with van der Waals surface area (Å²) in [5, 5.41) is -0.0784. The second kappa shape index (κ2) is 5.43. The smallest absolute Gasteiger partial charge is 0.290 e. The van der Waals surface area contributed by atoms with Gasteiger partial charge in [0.05, 0.1) is 9.59 Å². The molecule has 0 aliphatic carbocycles. The van der Waals surface area contributed by atoms with Gasteiger partial charge >= 0.3 is 0 Å². The Hall–Kier alpha value is -0.570. The molecule has 104 valence electrons. The van der Waals surface area contributed by atoms with Gasteiger partial charge < -0.3 is 0 Å². The van der Waals surface area contributed by atoms with Gasteiger partial charge in [0.2, 0.25) is 5.91 Å². The summed E-state index contributed by atoms with van der Waals surface area (Å²) in [6.45, 7) is 3.91. The van der Waals surface area contributed by atoms with E-state index in [2.05, 4.69) is 4.40 Å². The van der Waals surface area contributed by atoms with Crippen LogP contribution in [-0.2, 0) is 14.8 Å². The van der Waals surface area contributed by atoms with E-state index >= 15 is 0 Å². The number of nitrogens with zero attached hydrogens (tertiary/aromatic N) is 2. The van der Waals surface area contributed by atoms with Crippen LogP contribution in [0.3, 0.4) is 0 Å². The lowest BCUT2D eigenvalue weighted by molar-refractivity contribution is -0.125. The third kappa shape index (κ3) is 2.96. The van der Waals surface area contributed by atoms with Gasteiger partial charge in [0, 0.05) is 6.54 Å². The fourth-order valence-electron chi connectivity index (χ4n) is 1.53. The maximum absolute atomic E-state index is 12.1. The molecule has 1 aliphatic rings. The number of halogens is 1. The molecular formula is C10H11ClN2O3S3. The van der Waals surface area contributed by atoms with E-state index in [1.165, 1.54) is 17.0 Å². The first kappa shape index (κ1) is 14.8. The van der Waals surface area contributed by atoms with Gasteiger partial charge in [-0.2, -0.15) is 8.42 Å². The van der Waals surface area contributed by atoms with Crippen molar-refractivity contribution in [3.05, 3.63) is 16.5 Å². The maximum Gasteiger partial charge on any atom is 0.294 e. The van der Waals surface area contributed by atoms with Gasteiger partial charge in [-0.05, 0) is 26.0 Å². The van der Waals surface area contributed by atoms with Crippen LogP contribution in [0, 0.1) is 0 Å². The second-order valence-corrected chi connectivity index (χ2v) is 8.60. The fourth-order valence-corrected chi connectivity index (χ4v) is 5.24. The highest BCUT2D eigenvalue weighted by Gasteiger charge is 2.35. The largest absolute Gasteiger partial charge is 0.294 e. The minimum absolute atomic E-state index is 0.0775. The van der Waals surface area contributed by atoms with Crippen molar-refractivity contribution in [3.8, 4) is 0 Å². The van der Waals surface area contributed by atoms with Gasteiger partial charge in [-0.1, -0.05) is 23.4 Å². The highest BCUT2D eigenvalue weighted by Crippen LogP contribution is 2.31. The Bertz CT molecular complexity index is 638. The molecule has 0 unspecified atom stereocenters. The van der Waals surface area contributed by atoms with Crippen molar-refractivity contribution >= 4 is 55.8 Å². The molecule has 1 aromatic rings. The van der Waals surface area contributed by atoms with E-state index in [4.69, 9.17) is 11.6 Å². The number of hydrogen-bond donors (Lipinski definition) is 0. The molecule has 0 spiro atoms. The summed E-state index contributed by atoms with van der Waals surface area (Å²) in [5.41, 5.74) is 0. The Kier molecular flexibility index (Phi) is 4.24. The summed E-state index contributed by atoms with van der Waals surface area (Å²) in [6.07, 6.45) is 0. The lowest BCUT2D eigenvalue weighted by Crippen LogP contribution is -2.31. The molecule has 5 nitrogen and oxygen atoms in total. The SMILES string of the molecule is CCN1C(=O)[C@H](C)SC1=NS(=O)(=O)c1ccc(Cl)s1. The van der Waals surface area contributed by atoms with Crippen molar-refractivity contribution < 1.29 is 13.2 Å². The Morgan fingerprint density at radius 3 is 2.68 bits per heavy atom. The van der Waals surface area contributed by atoms with Gasteiger partial charge in [0.1, 0.15) is 4.21 Å². The van der Waals surface area contributed by atoms with Gasteiger partial charge in [0.25, 0.3) is 10.0 Å². The molecule has 1 saturated heterocycles. The first-order valence-electron chi connectivity index (χ1n) is 5.43. The number of amidine groups is 1. The third-order valence-electron chi connectivity index (χ3n) is 2.44. The van der Waals surface area contributed by atoms with Crippen molar-refractivity contribution in [3.63, 3.8) is 0 Å². The summed E-state index contributed by atoms with van der Waals surface area (Å²) in [7, 11) is -3.81. The first-order valence-corrected chi connectivity index (χ1v) is 8.95. The summed E-state index contributed by atoms with van der Waals surface area (Å²) >= 11 is 7.82. The minimum atomic E-state index is -3.81. The van der Waals surface area contributed by atoms with Crippen molar-refractivity contribution in [2.24, 2.45) is 4.40 Å². The Morgan fingerprint density at radius 1 is 1.47 bits per heavy atom. The summed E-state index contributed by atoms with van der Waals surface area (Å²) in [6, 6.07) is 2.92. The molecule has 1 amide bonds. The molecule has 19 heavy (non-hydrogen) atoms. The molecule has 0 N–H and O–H groups in total. The van der Waals surface area contributed by atoms with Crippen LogP contribution in [-0.4, -0.2) is 36.2 Å². The zero-order valence-electron chi connectivity index (χ0n) is 10.2. The van der Waals surface area contributed by atoms with Crippen LogP contribution in [0.4, 0.5) is 0 Å². The molecule has 9 heteroatoms. The summed E-state index contributed by atoms with van der Waals surface area (Å²) in [4.78, 5) is 13.2. The highest BCUT2D eigenvalue weighted by atomic mass is 35.5. The standard InChI is InChI=1S/C10H11ClN2O3S3/c1-3-13-9(14)6(2)17-10(13)12-19(15,16)8-5-4-7(11)18-8/h4-6H,3H2,1-2H3/t6-/m0/s1. The van der Waals surface area contributed by atoms with Gasteiger partial charge in [-0.15, -0.1) is 15.7 Å². The van der Waals surface area contributed by atoms with E-state index < -0.39 is 10.0 Å². The molecule has 0 radical (unpaired) electrons. The molecule has 1 atom stereocenters. The predicted molar refractivity (Wildman–Crippen MR) is 78.4 cm³/mol. The molecule has 0 saturated carbocycles. The average Bonchev–Trinajstić information content (AvgIpc) is 2.85. The predicted octanol–water partition coefficient (Wildman–Crippen LogP) is 2.43. The Morgan fingerprint density at radius 2 is 2.16 bits per heavy atom. The lowest BCUT2D eigenvalue weighted by atomic mass is 10.4. The number of hydrogen-bond acceptors (Lipinski definition) is 5. The number of carbonyl (C=O) groups is 1. The normalized spacial score (nSPS) is 22.5. The van der Waals surface area contributed by atoms with Gasteiger partial charge in [0.15, 0.2) is 5.17 Å². The average molecular weight is 339 g/mol. The van der Waals surface area contributed by atoms with Crippen LogP contribution in [0.5, 0.6) is 0 Å². The quantitative estimate of drug-likeness (QED) is 0.849. The van der Waals surface area contributed by atoms with Crippen molar-refractivity contribution in [1.82, 2.24) is 4.90 Å². The second-order valence-electron chi connectivity index (χ2n) is 3.75. The van der Waals surface area contributed by atoms with Gasteiger partial charge in [-0.25, -0.2) is 0 Å². The minimum Gasteiger partial charge on any atom is -0.290 e. The molecule has 1 aromatic heterocycles. The van der Waals surface area contributed by atoms with E-state index in [0.717, 1.165) is 23.1 Å². The topological polar surface area (TPSA) is 66.8 Å². The molecule has 2 rings (SSSR count). The van der Waals surface area contributed by atoms with Crippen LogP contribution in [0.25, 0.3) is 0 Å². The fraction of sp³-hybridized carbons (Fsp3) is 0.400. The number of thioether (sulfide) groups is 1. The van der Waals surface area contributed by atoms with Crippen molar-refractivity contribution in [2.45, 2.75) is 23.3 Å². The zero-order valence-corrected chi connectivity index (χ0v) is 13.4. The number of sulfonamides is 1. The molecule has 2 heterocycles. The number of rotatable bonds is 3. The Balaban J connectivity index is 2.38. The van der Waals surface area contributed by atoms with E-state index in [0.29, 0.717) is 10.9 Å². The highest BCUT2D eigenvalue weighted by molar-refractivity contribution is 8.16. The number of thiophene rings is 1. The number of amides is 1. The molecule has 1 fully saturated rings. The van der Waals surface area contributed by atoms with E-state index in [1.54, 1.807) is 13.8 Å².